The van der Waals surface area contributed by atoms with Crippen LogP contribution < -0.4 is 10.5 Å². The summed E-state index contributed by atoms with van der Waals surface area (Å²) in [6, 6.07) is 0. The highest BCUT2D eigenvalue weighted by Crippen LogP contribution is 2.32. The van der Waals surface area contributed by atoms with Crippen molar-refractivity contribution in [2.24, 2.45) is 11.7 Å². The van der Waals surface area contributed by atoms with E-state index in [1.54, 1.807) is 0 Å². The van der Waals surface area contributed by atoms with Crippen LogP contribution in [0.5, 0.6) is 0 Å². The summed E-state index contributed by atoms with van der Waals surface area (Å²) in [6.45, 7) is 4.31. The first kappa shape index (κ1) is 17.2. The Morgan fingerprint density at radius 3 is 2.18 bits per heavy atom. The fourth-order valence-electron chi connectivity index (χ4n) is 1.83. The lowest BCUT2D eigenvalue weighted by Crippen LogP contribution is -2.53. The predicted octanol–water partition coefficient (Wildman–Crippen LogP) is 1.65. The Balaban J connectivity index is 0.00000256. The SMILES string of the molecule is CCC(CC)(CN)NS(=O)(=O)CCC1CC1.Cl. The quantitative estimate of drug-likeness (QED) is 0.712. The van der Waals surface area contributed by atoms with E-state index in [4.69, 9.17) is 5.73 Å². The standard InChI is InChI=1S/C11H24N2O2S.ClH/c1-3-11(4-2,9-12)13-16(14,15)8-7-10-5-6-10;/h10,13H,3-9,12H2,1-2H3;1H. The highest BCUT2D eigenvalue weighted by Gasteiger charge is 2.31. The molecule has 0 aromatic carbocycles. The summed E-state index contributed by atoms with van der Waals surface area (Å²) in [5.74, 6) is 0.895. The molecule has 104 valence electrons. The van der Waals surface area contributed by atoms with E-state index in [2.05, 4.69) is 4.72 Å². The molecule has 0 heterocycles. The van der Waals surface area contributed by atoms with Gasteiger partial charge in [0.05, 0.1) is 5.75 Å². The van der Waals surface area contributed by atoms with Gasteiger partial charge in [0.15, 0.2) is 0 Å². The number of nitrogens with one attached hydrogen (secondary N) is 1. The predicted molar refractivity (Wildman–Crippen MR) is 73.9 cm³/mol. The lowest BCUT2D eigenvalue weighted by Gasteiger charge is -2.31. The van der Waals surface area contributed by atoms with Crippen LogP contribution in [0.25, 0.3) is 0 Å². The minimum Gasteiger partial charge on any atom is -0.329 e. The van der Waals surface area contributed by atoms with E-state index >= 15 is 0 Å². The Morgan fingerprint density at radius 2 is 1.82 bits per heavy atom. The van der Waals surface area contributed by atoms with Crippen LogP contribution >= 0.6 is 12.4 Å². The molecule has 1 aliphatic rings. The van der Waals surface area contributed by atoms with Gasteiger partial charge in [-0.25, -0.2) is 13.1 Å². The Labute approximate surface area is 111 Å². The zero-order valence-corrected chi connectivity index (χ0v) is 12.4. The van der Waals surface area contributed by atoms with Crippen molar-refractivity contribution in [2.45, 2.75) is 51.5 Å². The van der Waals surface area contributed by atoms with Crippen LogP contribution in [-0.2, 0) is 10.0 Å². The number of sulfonamides is 1. The van der Waals surface area contributed by atoms with Crippen LogP contribution in [-0.4, -0.2) is 26.3 Å². The molecule has 1 fully saturated rings. The topological polar surface area (TPSA) is 72.2 Å². The molecule has 6 heteroatoms. The van der Waals surface area contributed by atoms with E-state index in [1.165, 1.54) is 12.8 Å². The van der Waals surface area contributed by atoms with Gasteiger partial charge in [-0.2, -0.15) is 0 Å². The Bertz CT molecular complexity index is 303. The molecule has 17 heavy (non-hydrogen) atoms. The van der Waals surface area contributed by atoms with Crippen molar-refractivity contribution < 1.29 is 8.42 Å². The van der Waals surface area contributed by atoms with Crippen molar-refractivity contribution in [3.63, 3.8) is 0 Å². The normalized spacial score (nSPS) is 16.6. The van der Waals surface area contributed by atoms with Crippen molar-refractivity contribution in [3.05, 3.63) is 0 Å². The first-order valence-electron chi connectivity index (χ1n) is 6.18. The maximum absolute atomic E-state index is 11.9. The highest BCUT2D eigenvalue weighted by molar-refractivity contribution is 7.89. The van der Waals surface area contributed by atoms with Gasteiger partial charge >= 0.3 is 0 Å². The summed E-state index contributed by atoms with van der Waals surface area (Å²) in [5.41, 5.74) is 5.24. The van der Waals surface area contributed by atoms with Crippen molar-refractivity contribution in [2.75, 3.05) is 12.3 Å². The van der Waals surface area contributed by atoms with Gasteiger partial charge in [0.25, 0.3) is 0 Å². The fraction of sp³-hybridized carbons (Fsp3) is 1.00. The Hall–Kier alpha value is 0.160. The molecule has 3 N–H and O–H groups in total. The summed E-state index contributed by atoms with van der Waals surface area (Å²) in [7, 11) is -3.16. The van der Waals surface area contributed by atoms with E-state index in [0.29, 0.717) is 12.5 Å². The van der Waals surface area contributed by atoms with E-state index in [1.807, 2.05) is 13.8 Å². The fourth-order valence-corrected chi connectivity index (χ4v) is 3.61. The largest absolute Gasteiger partial charge is 0.329 e. The molecule has 0 aromatic heterocycles. The summed E-state index contributed by atoms with van der Waals surface area (Å²) >= 11 is 0. The summed E-state index contributed by atoms with van der Waals surface area (Å²) in [5, 5.41) is 0. The third kappa shape index (κ3) is 5.55. The molecule has 0 saturated heterocycles. The first-order valence-corrected chi connectivity index (χ1v) is 7.84. The van der Waals surface area contributed by atoms with Gasteiger partial charge in [-0.1, -0.05) is 26.7 Å². The lowest BCUT2D eigenvalue weighted by molar-refractivity contribution is 0.363. The van der Waals surface area contributed by atoms with Crippen LogP contribution in [0, 0.1) is 5.92 Å². The van der Waals surface area contributed by atoms with Crippen LogP contribution in [0.2, 0.25) is 0 Å². The average Bonchev–Trinajstić information content (AvgIpc) is 3.07. The molecular formula is C11H25ClN2O2S. The van der Waals surface area contributed by atoms with Crippen molar-refractivity contribution in [1.82, 2.24) is 4.72 Å². The Kier molecular flexibility index (Phi) is 6.99. The van der Waals surface area contributed by atoms with E-state index in [9.17, 15) is 8.42 Å². The molecule has 1 aliphatic carbocycles. The molecule has 0 unspecified atom stereocenters. The Morgan fingerprint density at radius 1 is 1.29 bits per heavy atom. The number of halogens is 1. The van der Waals surface area contributed by atoms with Crippen molar-refractivity contribution in [1.29, 1.82) is 0 Å². The van der Waals surface area contributed by atoms with Crippen molar-refractivity contribution >= 4 is 22.4 Å². The molecular weight excluding hydrogens is 260 g/mol. The summed E-state index contributed by atoms with van der Waals surface area (Å²) in [6.07, 6.45) is 4.66. The second-order valence-corrected chi connectivity index (χ2v) is 6.69. The molecule has 0 amide bonds. The van der Waals surface area contributed by atoms with Crippen molar-refractivity contribution in [3.8, 4) is 0 Å². The molecule has 4 nitrogen and oxygen atoms in total. The highest BCUT2D eigenvalue weighted by atomic mass is 35.5. The van der Waals surface area contributed by atoms with E-state index in [-0.39, 0.29) is 18.2 Å². The molecule has 0 atom stereocenters. The van der Waals surface area contributed by atoms with Gasteiger partial charge in [0.2, 0.25) is 10.0 Å². The van der Waals surface area contributed by atoms with Gasteiger partial charge in [0.1, 0.15) is 0 Å². The number of hydrogen-bond donors (Lipinski definition) is 2. The first-order chi connectivity index (χ1) is 7.47. The minimum atomic E-state index is -3.16. The van der Waals surface area contributed by atoms with Gasteiger partial charge in [0, 0.05) is 12.1 Å². The lowest BCUT2D eigenvalue weighted by atomic mass is 9.95. The van der Waals surface area contributed by atoms with Crippen LogP contribution in [0.1, 0.15) is 46.0 Å². The summed E-state index contributed by atoms with van der Waals surface area (Å²) in [4.78, 5) is 0. The number of rotatable bonds is 8. The average molecular weight is 285 g/mol. The van der Waals surface area contributed by atoms with Gasteiger partial charge in [-0.3, -0.25) is 0 Å². The molecule has 0 bridgehead atoms. The number of hydrogen-bond acceptors (Lipinski definition) is 3. The second kappa shape index (κ2) is 6.92. The van der Waals surface area contributed by atoms with E-state index < -0.39 is 15.6 Å². The maximum Gasteiger partial charge on any atom is 0.212 e. The smallest absolute Gasteiger partial charge is 0.212 e. The van der Waals surface area contributed by atoms with Crippen LogP contribution in [0.4, 0.5) is 0 Å². The molecule has 0 aliphatic heterocycles. The van der Waals surface area contributed by atoms with Gasteiger partial charge < -0.3 is 5.73 Å². The monoisotopic (exact) mass is 284 g/mol. The molecule has 1 saturated carbocycles. The third-order valence-electron chi connectivity index (χ3n) is 3.61. The second-order valence-electron chi connectivity index (χ2n) is 4.84. The maximum atomic E-state index is 11.9. The molecule has 1 rings (SSSR count). The van der Waals surface area contributed by atoms with Gasteiger partial charge in [-0.05, 0) is 25.2 Å². The van der Waals surface area contributed by atoms with Gasteiger partial charge in [-0.15, -0.1) is 12.4 Å². The molecule has 0 radical (unpaired) electrons. The zero-order valence-electron chi connectivity index (χ0n) is 10.7. The van der Waals surface area contributed by atoms with E-state index in [0.717, 1.165) is 19.3 Å². The van der Waals surface area contributed by atoms with Crippen LogP contribution in [0.15, 0.2) is 0 Å². The molecule has 0 spiro atoms. The minimum absolute atomic E-state index is 0. The molecule has 0 aromatic rings. The number of nitrogens with two attached hydrogens (primary N) is 1. The third-order valence-corrected chi connectivity index (χ3v) is 5.13. The summed E-state index contributed by atoms with van der Waals surface area (Å²) < 4.78 is 26.6. The van der Waals surface area contributed by atoms with Crippen LogP contribution in [0.3, 0.4) is 0 Å². The zero-order chi connectivity index (χ0) is 12.2.